The average molecular weight is 199 g/mol. The Kier molecular flexibility index (Phi) is 97.0. The Bertz CT molecular complexity index is 8.00. The van der Waals surface area contributed by atoms with E-state index in [2.05, 4.69) is 7.44 Å². The Hall–Kier alpha value is 1.68. The molecule has 0 rings (SSSR count). The van der Waals surface area contributed by atoms with Crippen LogP contribution < -0.4 is 0 Å². The van der Waals surface area contributed by atoms with Gasteiger partial charge in [0, 0.05) is 43.3 Å². The van der Waals surface area contributed by atoms with Crippen molar-refractivity contribution in [3.63, 3.8) is 0 Å². The molecule has 1 radical (unpaired) electrons. The molecule has 0 heterocycles. The smallest absolute Gasteiger partial charge is 0.0304 e. The van der Waals surface area contributed by atoms with Crippen molar-refractivity contribution in [1.82, 2.24) is 0 Å². The Morgan fingerprint density at radius 3 is 1.25 bits per heavy atom. The molecule has 0 bridgehead atoms. The summed E-state index contributed by atoms with van der Waals surface area (Å²) in [5.74, 6) is 0. The minimum absolute atomic E-state index is 0. The van der Waals surface area contributed by atoms with Crippen LogP contribution in [0.4, 0.5) is 0 Å². The Morgan fingerprint density at radius 2 is 1.25 bits per heavy atom. The molecule has 0 aromatic rings. The van der Waals surface area contributed by atoms with Gasteiger partial charge in [-0.1, -0.05) is 0 Å². The second-order valence-corrected chi connectivity index (χ2v) is 0. The van der Waals surface area contributed by atoms with E-state index >= 15 is 0 Å². The molecular weight excluding hydrogens is 194 g/mol. The van der Waals surface area contributed by atoms with Crippen molar-refractivity contribution in [3.05, 3.63) is 0 Å². The van der Waals surface area contributed by atoms with Gasteiger partial charge in [-0.25, -0.2) is 0 Å². The van der Waals surface area contributed by atoms with Crippen LogP contribution >= 0.6 is 0 Å². The topological polar surface area (TPSA) is 0 Å². The average Bonchev–Trinajstić information content (AvgIpc) is 1.00. The van der Waals surface area contributed by atoms with Crippen molar-refractivity contribution < 1.29 is 43.3 Å². The first-order valence-electron chi connectivity index (χ1n) is 1.00. The summed E-state index contributed by atoms with van der Waals surface area (Å²) in [5, 5.41) is 0. The molecule has 0 spiro atoms. The van der Waals surface area contributed by atoms with Crippen LogP contribution in [0.2, 0.25) is 0 Å². The maximum absolute atomic E-state index is 2.14. The summed E-state index contributed by atoms with van der Waals surface area (Å²) in [6.07, 6.45) is 0. The van der Waals surface area contributed by atoms with E-state index in [1.165, 1.54) is 10.1 Å². The van der Waals surface area contributed by atoms with Crippen molar-refractivity contribution in [3.8, 4) is 0 Å². The third-order valence-corrected chi connectivity index (χ3v) is 0. The summed E-state index contributed by atoms with van der Waals surface area (Å²) in [6, 6.07) is 0. The Labute approximate surface area is 60.5 Å². The van der Waals surface area contributed by atoms with Gasteiger partial charge in [0.05, 0.1) is 7.44 Å². The molecule has 0 amide bonds. The van der Waals surface area contributed by atoms with Crippen LogP contribution in [0.1, 0.15) is 0 Å². The van der Waals surface area contributed by atoms with E-state index in [9.17, 15) is 0 Å². The molecule has 0 aromatic carbocycles. The van der Waals surface area contributed by atoms with E-state index in [-0.39, 0.29) is 43.3 Å². The van der Waals surface area contributed by atoms with Crippen LogP contribution in [0.15, 0.2) is 0 Å². The molecule has 27 valence electrons. The molecule has 0 aliphatic carbocycles. The van der Waals surface area contributed by atoms with E-state index in [1.54, 1.807) is 0 Å². The fraction of sp³-hybridized carbons (Fsp3) is 0. The number of rotatable bonds is 0. The van der Waals surface area contributed by atoms with Crippen molar-refractivity contribution in [2.45, 2.75) is 0 Å². The van der Waals surface area contributed by atoms with Gasteiger partial charge in [-0.3, -0.25) is 0 Å². The molecule has 0 N–H and O–H groups in total. The quantitative estimate of drug-likeness (QED) is 0.391. The summed E-state index contributed by atoms with van der Waals surface area (Å²) < 4.78 is 0. The van der Waals surface area contributed by atoms with Crippen molar-refractivity contribution >= 4 is 17.6 Å². The molecule has 4 heteroatoms. The zero-order chi connectivity index (χ0) is 2.00. The first kappa shape index (κ1) is 17.3. The van der Waals surface area contributed by atoms with E-state index in [0.29, 0.717) is 0 Å². The fourth-order valence-electron chi connectivity index (χ4n) is 0. The monoisotopic (exact) mass is 197 g/mol. The van der Waals surface area contributed by atoms with Gasteiger partial charge < -0.3 is 0 Å². The van der Waals surface area contributed by atoms with Gasteiger partial charge in [0.15, 0.2) is 0 Å². The Morgan fingerprint density at radius 1 is 1.25 bits per heavy atom. The first-order chi connectivity index (χ1) is 1.00. The van der Waals surface area contributed by atoms with Gasteiger partial charge in [0.1, 0.15) is 0 Å². The van der Waals surface area contributed by atoms with Crippen LogP contribution in [0, 0.1) is 0 Å². The fourth-order valence-corrected chi connectivity index (χ4v) is 0. The summed E-state index contributed by atoms with van der Waals surface area (Å²) in [7, 11) is 3.44. The SMILES string of the molecule is B[SiH3].[Cu].[Zr]. The molecule has 4 heavy (non-hydrogen) atoms. The summed E-state index contributed by atoms with van der Waals surface area (Å²) >= 11 is 0. The number of hydrogen-bond donors (Lipinski definition) is 0. The largest absolute Gasteiger partial charge is 0.0852 e. The second kappa shape index (κ2) is 22.4. The summed E-state index contributed by atoms with van der Waals surface area (Å²) in [4.78, 5) is 0. The van der Waals surface area contributed by atoms with Crippen LogP contribution in [0.25, 0.3) is 0 Å². The predicted octanol–water partition coefficient (Wildman–Crippen LogP) is -2.11. The third kappa shape index (κ3) is 9.36. The summed E-state index contributed by atoms with van der Waals surface area (Å²) in [5.41, 5.74) is 0. The van der Waals surface area contributed by atoms with Gasteiger partial charge >= 0.3 is 0 Å². The van der Waals surface area contributed by atoms with Crippen LogP contribution in [-0.2, 0) is 43.3 Å². The van der Waals surface area contributed by atoms with Gasteiger partial charge in [-0.15, -0.1) is 0 Å². The van der Waals surface area contributed by atoms with Crippen LogP contribution in [0.3, 0.4) is 0 Å². The van der Waals surface area contributed by atoms with Gasteiger partial charge in [0.2, 0.25) is 0 Å². The molecule has 0 fully saturated rings. The second-order valence-electron chi connectivity index (χ2n) is 0. The zero-order valence-electron chi connectivity index (χ0n) is 2.80. The maximum Gasteiger partial charge on any atom is 0.0852 e. The third-order valence-electron chi connectivity index (χ3n) is 0. The number of hydrogen-bond acceptors (Lipinski definition) is 0. The minimum Gasteiger partial charge on any atom is -0.0304 e. The first-order valence-corrected chi connectivity index (χ1v) is 3.00. The normalized spacial score (nSPS) is 2.00. The van der Waals surface area contributed by atoms with Crippen LogP contribution in [0.5, 0.6) is 0 Å². The van der Waals surface area contributed by atoms with Gasteiger partial charge in [-0.05, 0) is 10.1 Å². The molecule has 0 aliphatic rings. The molecule has 0 saturated heterocycles. The van der Waals surface area contributed by atoms with E-state index in [1.807, 2.05) is 0 Å². The van der Waals surface area contributed by atoms with E-state index in [4.69, 9.17) is 0 Å². The molecular formula is H5BCuSiZr. The minimum atomic E-state index is 0. The molecule has 0 unspecified atom stereocenters. The van der Waals surface area contributed by atoms with Crippen LogP contribution in [-0.4, -0.2) is 17.6 Å². The zero-order valence-corrected chi connectivity index (χ0v) is 8.20. The van der Waals surface area contributed by atoms with Crippen molar-refractivity contribution in [1.29, 1.82) is 0 Å². The van der Waals surface area contributed by atoms with E-state index < -0.39 is 0 Å². The van der Waals surface area contributed by atoms with Gasteiger partial charge in [0.25, 0.3) is 0 Å². The van der Waals surface area contributed by atoms with E-state index in [0.717, 1.165) is 0 Å². The van der Waals surface area contributed by atoms with Crippen molar-refractivity contribution in [2.75, 3.05) is 0 Å². The predicted molar refractivity (Wildman–Crippen MR) is 18.5 cm³/mol. The summed E-state index contributed by atoms with van der Waals surface area (Å²) in [6.45, 7) is 0. The van der Waals surface area contributed by atoms with Gasteiger partial charge in [-0.2, -0.15) is 0 Å². The Balaban J connectivity index is -0.00000000500. The molecule has 0 nitrogen and oxygen atoms in total. The standard InChI is InChI=1S/BH5Si.Cu.Zr/c1-2;;/h1H2,2H3;;. The molecule has 0 aromatic heterocycles. The molecule has 0 aliphatic heterocycles. The maximum atomic E-state index is 2.14. The van der Waals surface area contributed by atoms with Crippen molar-refractivity contribution in [2.24, 2.45) is 0 Å². The molecule has 0 saturated carbocycles. The molecule has 0 atom stereocenters.